The lowest BCUT2D eigenvalue weighted by Gasteiger charge is -2.32. The molecule has 1 N–H and O–H groups in total. The summed E-state index contributed by atoms with van der Waals surface area (Å²) in [4.78, 5) is 0. The molecule has 1 aromatic rings. The van der Waals surface area contributed by atoms with E-state index in [1.165, 1.54) is 0 Å². The van der Waals surface area contributed by atoms with Crippen LogP contribution in [0.3, 0.4) is 0 Å². The van der Waals surface area contributed by atoms with Crippen LogP contribution in [0.2, 0.25) is 0 Å². The largest absolute Gasteiger partial charge is 0.391 e. The highest BCUT2D eigenvalue weighted by Gasteiger charge is 2.42. The van der Waals surface area contributed by atoms with Crippen molar-refractivity contribution in [2.75, 3.05) is 0 Å². The Hall–Kier alpha value is -1.04. The molecule has 102 valence electrons. The van der Waals surface area contributed by atoms with Crippen molar-refractivity contribution < 1.29 is 18.3 Å². The average Bonchev–Trinajstić information content (AvgIpc) is 2.73. The lowest BCUT2D eigenvalue weighted by molar-refractivity contribution is -0.185. The Balaban J connectivity index is 1.96. The molecule has 0 bridgehead atoms. The first-order valence-corrected chi connectivity index (χ1v) is 6.12. The van der Waals surface area contributed by atoms with Gasteiger partial charge in [0.25, 0.3) is 0 Å². The van der Waals surface area contributed by atoms with Crippen LogP contribution < -0.4 is 0 Å². The molecule has 3 nitrogen and oxygen atoms in total. The standard InChI is InChI=1S/C12H17F3N2O/c1-17-10(6-7-16-17)11(18)8-2-4-9(5-3-8)12(13,14)15/h6-9,11,18H,2-5H2,1H3. The van der Waals surface area contributed by atoms with Crippen LogP contribution in [0.1, 0.15) is 37.5 Å². The number of rotatable bonds is 2. The fraction of sp³-hybridized carbons (Fsp3) is 0.750. The summed E-state index contributed by atoms with van der Waals surface area (Å²) >= 11 is 0. The fourth-order valence-electron chi connectivity index (χ4n) is 2.68. The minimum Gasteiger partial charge on any atom is -0.387 e. The summed E-state index contributed by atoms with van der Waals surface area (Å²) in [7, 11) is 1.72. The van der Waals surface area contributed by atoms with Crippen molar-refractivity contribution in [2.45, 2.75) is 38.0 Å². The summed E-state index contributed by atoms with van der Waals surface area (Å²) in [5.74, 6) is -1.30. The van der Waals surface area contributed by atoms with Gasteiger partial charge < -0.3 is 5.11 Å². The maximum atomic E-state index is 12.5. The molecular formula is C12H17F3N2O. The van der Waals surface area contributed by atoms with Crippen molar-refractivity contribution in [2.24, 2.45) is 18.9 Å². The zero-order valence-electron chi connectivity index (χ0n) is 10.2. The molecule has 1 unspecified atom stereocenters. The fourth-order valence-corrected chi connectivity index (χ4v) is 2.68. The van der Waals surface area contributed by atoms with Crippen LogP contribution in [0.4, 0.5) is 13.2 Å². The summed E-state index contributed by atoms with van der Waals surface area (Å²) in [5.41, 5.74) is 0.672. The number of aliphatic hydroxyl groups is 1. The van der Waals surface area contributed by atoms with Gasteiger partial charge in [0.15, 0.2) is 0 Å². The van der Waals surface area contributed by atoms with Crippen LogP contribution >= 0.6 is 0 Å². The minimum absolute atomic E-state index is 0.0981. The van der Waals surface area contributed by atoms with Crippen LogP contribution in [0.15, 0.2) is 12.3 Å². The minimum atomic E-state index is -4.09. The number of nitrogens with zero attached hydrogens (tertiary/aromatic N) is 2. The lowest BCUT2D eigenvalue weighted by Crippen LogP contribution is -2.30. The van der Waals surface area contributed by atoms with Gasteiger partial charge in [0.1, 0.15) is 0 Å². The first-order chi connectivity index (χ1) is 8.39. The van der Waals surface area contributed by atoms with Gasteiger partial charge in [0.05, 0.1) is 17.7 Å². The molecule has 18 heavy (non-hydrogen) atoms. The van der Waals surface area contributed by atoms with E-state index in [0.717, 1.165) is 0 Å². The Kier molecular flexibility index (Phi) is 3.66. The van der Waals surface area contributed by atoms with Gasteiger partial charge >= 0.3 is 6.18 Å². The Morgan fingerprint density at radius 1 is 1.33 bits per heavy atom. The van der Waals surface area contributed by atoms with E-state index in [2.05, 4.69) is 5.10 Å². The Morgan fingerprint density at radius 3 is 2.39 bits per heavy atom. The van der Waals surface area contributed by atoms with Crippen molar-refractivity contribution in [1.29, 1.82) is 0 Å². The average molecular weight is 262 g/mol. The van der Waals surface area contributed by atoms with Gasteiger partial charge in [-0.2, -0.15) is 18.3 Å². The molecule has 2 rings (SSSR count). The topological polar surface area (TPSA) is 38.0 Å². The summed E-state index contributed by atoms with van der Waals surface area (Å²) < 4.78 is 39.2. The van der Waals surface area contributed by atoms with E-state index >= 15 is 0 Å². The molecule has 1 heterocycles. The predicted octanol–water partition coefficient (Wildman–Crippen LogP) is 2.82. The molecule has 0 saturated heterocycles. The Bertz CT molecular complexity index is 394. The SMILES string of the molecule is Cn1nccc1C(O)C1CCC(C(F)(F)F)CC1. The molecule has 0 spiro atoms. The zero-order chi connectivity index (χ0) is 13.3. The van der Waals surface area contributed by atoms with Crippen LogP contribution in [-0.2, 0) is 7.05 Å². The molecule has 1 aromatic heterocycles. The molecule has 0 radical (unpaired) electrons. The summed E-state index contributed by atoms with van der Waals surface area (Å²) in [6, 6.07) is 1.71. The maximum Gasteiger partial charge on any atom is 0.391 e. The second kappa shape index (κ2) is 4.91. The first-order valence-electron chi connectivity index (χ1n) is 6.12. The maximum absolute atomic E-state index is 12.5. The number of aromatic nitrogens is 2. The van der Waals surface area contributed by atoms with Crippen LogP contribution in [-0.4, -0.2) is 21.1 Å². The lowest BCUT2D eigenvalue weighted by atomic mass is 9.78. The van der Waals surface area contributed by atoms with E-state index in [1.807, 2.05) is 0 Å². The summed E-state index contributed by atoms with van der Waals surface area (Å²) in [6.07, 6.45) is -2.17. The number of aliphatic hydroxyl groups excluding tert-OH is 1. The third kappa shape index (κ3) is 2.68. The molecular weight excluding hydrogens is 245 g/mol. The van der Waals surface area contributed by atoms with E-state index in [-0.39, 0.29) is 18.8 Å². The van der Waals surface area contributed by atoms with Gasteiger partial charge in [0, 0.05) is 13.2 Å². The molecule has 1 atom stereocenters. The molecule has 6 heteroatoms. The van der Waals surface area contributed by atoms with Gasteiger partial charge in [-0.3, -0.25) is 4.68 Å². The van der Waals surface area contributed by atoms with Crippen molar-refractivity contribution in [3.63, 3.8) is 0 Å². The van der Waals surface area contributed by atoms with Crippen molar-refractivity contribution in [3.05, 3.63) is 18.0 Å². The third-order valence-corrected chi connectivity index (χ3v) is 3.84. The molecule has 1 fully saturated rings. The number of hydrogen-bond acceptors (Lipinski definition) is 2. The molecule has 0 aromatic carbocycles. The zero-order valence-corrected chi connectivity index (χ0v) is 10.2. The predicted molar refractivity (Wildman–Crippen MR) is 59.7 cm³/mol. The highest BCUT2D eigenvalue weighted by molar-refractivity contribution is 5.06. The van der Waals surface area contributed by atoms with E-state index in [4.69, 9.17) is 0 Å². The normalized spacial score (nSPS) is 27.2. The van der Waals surface area contributed by atoms with Crippen molar-refractivity contribution in [1.82, 2.24) is 9.78 Å². The second-order valence-corrected chi connectivity index (χ2v) is 4.98. The number of hydrogen-bond donors (Lipinski definition) is 1. The summed E-state index contributed by atoms with van der Waals surface area (Å²) in [6.45, 7) is 0. The third-order valence-electron chi connectivity index (χ3n) is 3.84. The first kappa shape index (κ1) is 13.4. The molecule has 0 aliphatic heterocycles. The van der Waals surface area contributed by atoms with E-state index in [9.17, 15) is 18.3 Å². The van der Waals surface area contributed by atoms with E-state index in [1.54, 1.807) is 24.0 Å². The van der Waals surface area contributed by atoms with Crippen LogP contribution in [0, 0.1) is 11.8 Å². The Morgan fingerprint density at radius 2 is 1.94 bits per heavy atom. The van der Waals surface area contributed by atoms with Gasteiger partial charge in [-0.05, 0) is 37.7 Å². The second-order valence-electron chi connectivity index (χ2n) is 4.98. The molecule has 1 aliphatic carbocycles. The monoisotopic (exact) mass is 262 g/mol. The number of alkyl halides is 3. The number of halogens is 3. The highest BCUT2D eigenvalue weighted by Crippen LogP contribution is 2.42. The van der Waals surface area contributed by atoms with Gasteiger partial charge in [-0.25, -0.2) is 0 Å². The van der Waals surface area contributed by atoms with Gasteiger partial charge in [-0.1, -0.05) is 0 Å². The molecule has 0 amide bonds. The smallest absolute Gasteiger partial charge is 0.387 e. The molecule has 1 saturated carbocycles. The summed E-state index contributed by atoms with van der Waals surface area (Å²) in [5, 5.41) is 14.1. The van der Waals surface area contributed by atoms with E-state index < -0.39 is 18.2 Å². The Labute approximate surface area is 104 Å². The van der Waals surface area contributed by atoms with E-state index in [0.29, 0.717) is 18.5 Å². The van der Waals surface area contributed by atoms with Gasteiger partial charge in [-0.15, -0.1) is 0 Å². The van der Waals surface area contributed by atoms with Gasteiger partial charge in [0.2, 0.25) is 0 Å². The van der Waals surface area contributed by atoms with Crippen LogP contribution in [0.25, 0.3) is 0 Å². The number of aryl methyl sites for hydroxylation is 1. The molecule has 1 aliphatic rings. The quantitative estimate of drug-likeness (QED) is 0.890. The highest BCUT2D eigenvalue weighted by atomic mass is 19.4. The van der Waals surface area contributed by atoms with Crippen LogP contribution in [0.5, 0.6) is 0 Å². The van der Waals surface area contributed by atoms with Crippen molar-refractivity contribution in [3.8, 4) is 0 Å². The van der Waals surface area contributed by atoms with Crippen molar-refractivity contribution >= 4 is 0 Å².